The van der Waals surface area contributed by atoms with Crippen LogP contribution in [-0.2, 0) is 19.2 Å². The Morgan fingerprint density at radius 1 is 1.17 bits per heavy atom. The summed E-state index contributed by atoms with van der Waals surface area (Å²) in [5, 5.41) is 52.1. The minimum atomic E-state index is -2.13. The molecule has 0 saturated heterocycles. The summed E-state index contributed by atoms with van der Waals surface area (Å²) in [4.78, 5) is 17.0. The van der Waals surface area contributed by atoms with Crippen molar-refractivity contribution >= 4 is 5.97 Å². The highest BCUT2D eigenvalue weighted by atomic mass is 17.1. The molecule has 1 rings (SSSR count). The molecule has 4 atom stereocenters. The van der Waals surface area contributed by atoms with Crippen LogP contribution < -0.4 is 0 Å². The quantitative estimate of drug-likeness (QED) is 0.113. The van der Waals surface area contributed by atoms with Gasteiger partial charge in [0.1, 0.15) is 5.60 Å². The zero-order valence-electron chi connectivity index (χ0n) is 18.5. The maximum absolute atomic E-state index is 12.6. The lowest BCUT2D eigenvalue weighted by Gasteiger charge is -2.47. The topological polar surface area (TPSA) is 146 Å². The van der Waals surface area contributed by atoms with Gasteiger partial charge in [0.05, 0.1) is 25.4 Å². The van der Waals surface area contributed by atoms with Gasteiger partial charge in [0.25, 0.3) is 5.76 Å². The molecular formula is C21H38O9. The van der Waals surface area contributed by atoms with Crippen molar-refractivity contribution in [1.82, 2.24) is 0 Å². The number of carbonyl (C=O) groups excluding carboxylic acids is 1. The van der Waals surface area contributed by atoms with E-state index in [1.54, 1.807) is 6.92 Å². The van der Waals surface area contributed by atoms with Crippen LogP contribution in [-0.4, -0.2) is 68.3 Å². The molecule has 0 aliphatic carbocycles. The summed E-state index contributed by atoms with van der Waals surface area (Å²) in [6.45, 7) is 6.74. The zero-order chi connectivity index (χ0) is 22.9. The lowest BCUT2D eigenvalue weighted by atomic mass is 9.69. The highest BCUT2D eigenvalue weighted by molar-refractivity contribution is 5.90. The lowest BCUT2D eigenvalue weighted by molar-refractivity contribution is -0.272. The first-order valence-electron chi connectivity index (χ1n) is 10.7. The number of aliphatic hydroxyl groups is 4. The van der Waals surface area contributed by atoms with Crippen LogP contribution >= 0.6 is 0 Å². The van der Waals surface area contributed by atoms with Gasteiger partial charge < -0.3 is 34.8 Å². The van der Waals surface area contributed by atoms with Crippen LogP contribution in [0.5, 0.6) is 0 Å². The van der Waals surface area contributed by atoms with Crippen LogP contribution in [0, 0.1) is 5.92 Å². The minimum absolute atomic E-state index is 0.00655. The second kappa shape index (κ2) is 11.9. The summed E-state index contributed by atoms with van der Waals surface area (Å²) in [5.41, 5.74) is -4.24. The number of cyclic esters (lactones) is 1. The van der Waals surface area contributed by atoms with Gasteiger partial charge >= 0.3 is 5.97 Å². The standard InChI is InChI=1S/C21H38O9/c1-5-7-8-9-10-20(26,16(24)11-14(3)4)21(12-15(23)13-22)18(30-27)17(28-6-2)19(25)29-21/h14-16,22-24,26-27H,5-13H2,1-4H3/t15?,16?,20-,21-/m0/s1. The largest absolute Gasteiger partial charge is 0.484 e. The van der Waals surface area contributed by atoms with Gasteiger partial charge in [0.2, 0.25) is 11.4 Å². The van der Waals surface area contributed by atoms with Crippen molar-refractivity contribution in [2.45, 2.75) is 96.1 Å². The van der Waals surface area contributed by atoms with Crippen LogP contribution in [0.4, 0.5) is 0 Å². The number of unbranched alkanes of at least 4 members (excludes halogenated alkanes) is 3. The van der Waals surface area contributed by atoms with Crippen LogP contribution in [0.1, 0.15) is 72.6 Å². The van der Waals surface area contributed by atoms with Crippen LogP contribution in [0.2, 0.25) is 0 Å². The summed E-state index contributed by atoms with van der Waals surface area (Å²) >= 11 is 0. The van der Waals surface area contributed by atoms with Gasteiger partial charge in [0.15, 0.2) is 0 Å². The number of ether oxygens (including phenoxy) is 2. The molecule has 30 heavy (non-hydrogen) atoms. The van der Waals surface area contributed by atoms with Crippen molar-refractivity contribution in [3.8, 4) is 0 Å². The molecule has 0 aromatic rings. The average molecular weight is 435 g/mol. The van der Waals surface area contributed by atoms with E-state index in [1.807, 2.05) is 20.8 Å². The first-order valence-corrected chi connectivity index (χ1v) is 10.7. The SMILES string of the molecule is CCCCCC[C@](O)(C(O)CC(C)C)[C@@]1(CC(O)CO)OC(=O)C(OCC)=C1OO. The van der Waals surface area contributed by atoms with Crippen LogP contribution in [0.25, 0.3) is 0 Å². The summed E-state index contributed by atoms with van der Waals surface area (Å²) in [7, 11) is 0. The number of aliphatic hydroxyl groups excluding tert-OH is 3. The molecular weight excluding hydrogens is 396 g/mol. The molecule has 5 N–H and O–H groups in total. The van der Waals surface area contributed by atoms with E-state index in [0.717, 1.165) is 19.3 Å². The first-order chi connectivity index (χ1) is 14.1. The molecule has 0 aromatic carbocycles. The van der Waals surface area contributed by atoms with E-state index in [4.69, 9.17) is 9.47 Å². The van der Waals surface area contributed by atoms with Gasteiger partial charge in [-0.25, -0.2) is 10.1 Å². The second-order valence-corrected chi connectivity index (χ2v) is 8.32. The molecule has 0 radical (unpaired) electrons. The molecule has 0 amide bonds. The predicted octanol–water partition coefficient (Wildman–Crippen LogP) is 1.87. The fraction of sp³-hybridized carbons (Fsp3) is 0.857. The third-order valence-corrected chi connectivity index (χ3v) is 5.50. The van der Waals surface area contributed by atoms with Crippen LogP contribution in [0.15, 0.2) is 11.5 Å². The van der Waals surface area contributed by atoms with Gasteiger partial charge in [0, 0.05) is 6.42 Å². The molecule has 0 aromatic heterocycles. The summed E-state index contributed by atoms with van der Waals surface area (Å²) in [5.74, 6) is -1.95. The summed E-state index contributed by atoms with van der Waals surface area (Å²) in [6.07, 6.45) is 0.0117. The lowest BCUT2D eigenvalue weighted by Crippen LogP contribution is -2.64. The Morgan fingerprint density at radius 3 is 2.33 bits per heavy atom. The molecule has 1 aliphatic rings. The van der Waals surface area contributed by atoms with E-state index in [-0.39, 0.29) is 25.4 Å². The maximum atomic E-state index is 12.6. The van der Waals surface area contributed by atoms with Gasteiger partial charge in [-0.05, 0) is 25.7 Å². The molecule has 0 saturated carbocycles. The molecule has 9 nitrogen and oxygen atoms in total. The normalized spacial score (nSPS) is 23.3. The molecule has 1 heterocycles. The third kappa shape index (κ3) is 5.64. The second-order valence-electron chi connectivity index (χ2n) is 8.32. The van der Waals surface area contributed by atoms with E-state index in [2.05, 4.69) is 4.89 Å². The van der Waals surface area contributed by atoms with E-state index in [9.17, 15) is 30.5 Å². The van der Waals surface area contributed by atoms with Crippen molar-refractivity contribution in [2.24, 2.45) is 5.92 Å². The zero-order valence-corrected chi connectivity index (χ0v) is 18.5. The molecule has 0 fully saturated rings. The number of rotatable bonds is 15. The fourth-order valence-electron chi connectivity index (χ4n) is 4.00. The fourth-order valence-corrected chi connectivity index (χ4v) is 4.00. The number of hydrogen-bond acceptors (Lipinski definition) is 9. The third-order valence-electron chi connectivity index (χ3n) is 5.50. The van der Waals surface area contributed by atoms with Crippen molar-refractivity contribution in [2.75, 3.05) is 13.2 Å². The van der Waals surface area contributed by atoms with Crippen molar-refractivity contribution in [1.29, 1.82) is 0 Å². The highest BCUT2D eigenvalue weighted by Gasteiger charge is 2.66. The molecule has 0 spiro atoms. The number of hydrogen-bond donors (Lipinski definition) is 5. The van der Waals surface area contributed by atoms with Crippen molar-refractivity contribution in [3.63, 3.8) is 0 Å². The van der Waals surface area contributed by atoms with Crippen molar-refractivity contribution in [3.05, 3.63) is 11.5 Å². The number of esters is 1. The predicted molar refractivity (Wildman–Crippen MR) is 108 cm³/mol. The van der Waals surface area contributed by atoms with E-state index < -0.39 is 53.9 Å². The minimum Gasteiger partial charge on any atom is -0.484 e. The van der Waals surface area contributed by atoms with E-state index in [0.29, 0.717) is 6.42 Å². The smallest absolute Gasteiger partial charge is 0.378 e. The van der Waals surface area contributed by atoms with Gasteiger partial charge in [-0.15, -0.1) is 0 Å². The number of carbonyl (C=O) groups is 1. The maximum Gasteiger partial charge on any atom is 0.378 e. The highest BCUT2D eigenvalue weighted by Crippen LogP contribution is 2.49. The average Bonchev–Trinajstić information content (AvgIpc) is 2.96. The first kappa shape index (κ1) is 26.6. The van der Waals surface area contributed by atoms with Crippen molar-refractivity contribution < 1.29 is 44.8 Å². The Balaban J connectivity index is 3.58. The summed E-state index contributed by atoms with van der Waals surface area (Å²) in [6, 6.07) is 0. The Bertz CT molecular complexity index is 577. The Hall–Kier alpha value is -1.39. The monoisotopic (exact) mass is 434 g/mol. The van der Waals surface area contributed by atoms with Crippen LogP contribution in [0.3, 0.4) is 0 Å². The molecule has 176 valence electrons. The van der Waals surface area contributed by atoms with Gasteiger partial charge in [-0.1, -0.05) is 46.5 Å². The Labute approximate surface area is 178 Å². The molecule has 2 unspecified atom stereocenters. The molecule has 1 aliphatic heterocycles. The Morgan fingerprint density at radius 2 is 1.83 bits per heavy atom. The van der Waals surface area contributed by atoms with E-state index >= 15 is 0 Å². The van der Waals surface area contributed by atoms with Gasteiger partial charge in [-0.3, -0.25) is 0 Å². The molecule has 0 bridgehead atoms. The molecule has 9 heteroatoms. The Kier molecular flexibility index (Phi) is 10.5. The summed E-state index contributed by atoms with van der Waals surface area (Å²) < 4.78 is 10.8. The van der Waals surface area contributed by atoms with E-state index in [1.165, 1.54) is 0 Å². The van der Waals surface area contributed by atoms with Gasteiger partial charge in [-0.2, -0.15) is 0 Å².